The smallest absolute Gasteiger partial charge is 0.124 e. The average molecular weight is 309 g/mol. The van der Waals surface area contributed by atoms with Crippen LogP contribution >= 0.6 is 15.9 Å². The second-order valence-electron chi connectivity index (χ2n) is 4.22. The maximum Gasteiger partial charge on any atom is 0.124 e. The summed E-state index contributed by atoms with van der Waals surface area (Å²) in [6.07, 6.45) is 2.40. The fraction of sp³-hybridized carbons (Fsp3) is 0.214. The van der Waals surface area contributed by atoms with Crippen LogP contribution in [0.15, 0.2) is 41.0 Å². The second kappa shape index (κ2) is 5.59. The summed E-state index contributed by atoms with van der Waals surface area (Å²) >= 11 is 3.36. The van der Waals surface area contributed by atoms with Crippen molar-refractivity contribution in [2.45, 2.75) is 19.4 Å². The Morgan fingerprint density at radius 1 is 1.39 bits per heavy atom. The van der Waals surface area contributed by atoms with E-state index in [1.165, 1.54) is 12.1 Å². The van der Waals surface area contributed by atoms with Gasteiger partial charge in [-0.1, -0.05) is 28.1 Å². The van der Waals surface area contributed by atoms with Crippen LogP contribution < -0.4 is 5.73 Å². The monoisotopic (exact) mass is 308 g/mol. The molecule has 0 radical (unpaired) electrons. The normalized spacial score (nSPS) is 12.4. The molecule has 2 nitrogen and oxygen atoms in total. The average Bonchev–Trinajstić information content (AvgIpc) is 2.33. The van der Waals surface area contributed by atoms with Crippen molar-refractivity contribution in [3.8, 4) is 0 Å². The van der Waals surface area contributed by atoms with E-state index in [0.29, 0.717) is 6.42 Å². The molecule has 0 saturated heterocycles. The number of hydrogen-bond acceptors (Lipinski definition) is 2. The molecular formula is C14H14BrFN2. The largest absolute Gasteiger partial charge is 0.324 e. The highest BCUT2D eigenvalue weighted by Crippen LogP contribution is 2.24. The maximum absolute atomic E-state index is 13.0. The Balaban J connectivity index is 2.21. The summed E-state index contributed by atoms with van der Waals surface area (Å²) in [6.45, 7) is 1.94. The van der Waals surface area contributed by atoms with Crippen molar-refractivity contribution in [3.63, 3.8) is 0 Å². The molecule has 0 aliphatic rings. The summed E-state index contributed by atoms with van der Waals surface area (Å²) in [7, 11) is 0. The molecule has 0 aliphatic heterocycles. The lowest BCUT2D eigenvalue weighted by molar-refractivity contribution is 0.624. The zero-order chi connectivity index (χ0) is 13.1. The molecule has 1 aromatic carbocycles. The molecule has 0 spiro atoms. The van der Waals surface area contributed by atoms with Gasteiger partial charge in [0.2, 0.25) is 0 Å². The van der Waals surface area contributed by atoms with E-state index in [1.54, 1.807) is 12.3 Å². The molecule has 18 heavy (non-hydrogen) atoms. The van der Waals surface area contributed by atoms with Crippen molar-refractivity contribution >= 4 is 15.9 Å². The minimum absolute atomic E-state index is 0.138. The Hall–Kier alpha value is -1.26. The second-order valence-corrected chi connectivity index (χ2v) is 5.08. The number of benzene rings is 1. The Morgan fingerprint density at radius 2 is 2.17 bits per heavy atom. The topological polar surface area (TPSA) is 38.9 Å². The molecule has 0 aliphatic carbocycles. The van der Waals surface area contributed by atoms with Gasteiger partial charge in [-0.15, -0.1) is 0 Å². The van der Waals surface area contributed by atoms with Gasteiger partial charge in [-0.2, -0.15) is 0 Å². The first-order valence-electron chi connectivity index (χ1n) is 5.69. The number of halogens is 2. The molecule has 1 aromatic heterocycles. The molecule has 0 amide bonds. The van der Waals surface area contributed by atoms with Crippen LogP contribution in [-0.4, -0.2) is 4.98 Å². The third-order valence-corrected chi connectivity index (χ3v) is 3.64. The molecule has 4 heteroatoms. The summed E-state index contributed by atoms with van der Waals surface area (Å²) in [5, 5.41) is 0. The van der Waals surface area contributed by atoms with Gasteiger partial charge < -0.3 is 5.73 Å². The molecular weight excluding hydrogens is 295 g/mol. The van der Waals surface area contributed by atoms with Gasteiger partial charge in [-0.05, 0) is 42.7 Å². The van der Waals surface area contributed by atoms with Gasteiger partial charge in [0.15, 0.2) is 0 Å². The van der Waals surface area contributed by atoms with Crippen LogP contribution in [0, 0.1) is 12.7 Å². The van der Waals surface area contributed by atoms with E-state index < -0.39 is 0 Å². The van der Waals surface area contributed by atoms with Crippen LogP contribution in [0.5, 0.6) is 0 Å². The van der Waals surface area contributed by atoms with E-state index >= 15 is 0 Å². The molecule has 94 valence electrons. The van der Waals surface area contributed by atoms with Gasteiger partial charge in [0.25, 0.3) is 0 Å². The van der Waals surface area contributed by atoms with Crippen LogP contribution in [0.1, 0.15) is 22.9 Å². The standard InChI is InChI=1S/C14H14BrFN2/c1-9-12(3-2-6-18-9)14(17)7-10-4-5-11(16)8-13(10)15/h2-6,8,14H,7,17H2,1H3. The van der Waals surface area contributed by atoms with Crippen LogP contribution in [0.2, 0.25) is 0 Å². The Labute approximate surface area is 114 Å². The van der Waals surface area contributed by atoms with E-state index in [9.17, 15) is 4.39 Å². The van der Waals surface area contributed by atoms with Crippen LogP contribution in [0.25, 0.3) is 0 Å². The van der Waals surface area contributed by atoms with Crippen LogP contribution in [0.4, 0.5) is 4.39 Å². The highest BCUT2D eigenvalue weighted by Gasteiger charge is 2.12. The summed E-state index contributed by atoms with van der Waals surface area (Å²) < 4.78 is 13.8. The minimum atomic E-state index is -0.253. The molecule has 1 heterocycles. The zero-order valence-corrected chi connectivity index (χ0v) is 11.6. The number of rotatable bonds is 3. The molecule has 2 aromatic rings. The highest BCUT2D eigenvalue weighted by molar-refractivity contribution is 9.10. The summed E-state index contributed by atoms with van der Waals surface area (Å²) in [6, 6.07) is 8.37. The molecule has 0 fully saturated rings. The lowest BCUT2D eigenvalue weighted by atomic mass is 9.99. The van der Waals surface area contributed by atoms with Gasteiger partial charge in [-0.3, -0.25) is 4.98 Å². The van der Waals surface area contributed by atoms with Gasteiger partial charge in [-0.25, -0.2) is 4.39 Å². The predicted octanol–water partition coefficient (Wildman–Crippen LogP) is 3.53. The third-order valence-electron chi connectivity index (χ3n) is 2.90. The number of nitrogens with two attached hydrogens (primary N) is 1. The first-order valence-corrected chi connectivity index (χ1v) is 6.48. The van der Waals surface area contributed by atoms with Gasteiger partial charge in [0, 0.05) is 22.4 Å². The first-order chi connectivity index (χ1) is 8.58. The summed E-state index contributed by atoms with van der Waals surface area (Å²) in [5.41, 5.74) is 9.13. The first kappa shape index (κ1) is 13.2. The summed E-state index contributed by atoms with van der Waals surface area (Å²) in [4.78, 5) is 4.23. The van der Waals surface area contributed by atoms with Crippen molar-refractivity contribution in [2.75, 3.05) is 0 Å². The van der Waals surface area contributed by atoms with E-state index in [0.717, 1.165) is 21.3 Å². The van der Waals surface area contributed by atoms with Crippen LogP contribution in [0.3, 0.4) is 0 Å². The van der Waals surface area contributed by atoms with Crippen molar-refractivity contribution in [1.82, 2.24) is 4.98 Å². The van der Waals surface area contributed by atoms with Gasteiger partial charge >= 0.3 is 0 Å². The van der Waals surface area contributed by atoms with Crippen molar-refractivity contribution in [2.24, 2.45) is 5.73 Å². The van der Waals surface area contributed by atoms with Crippen LogP contribution in [-0.2, 0) is 6.42 Å². The van der Waals surface area contributed by atoms with E-state index in [1.807, 2.05) is 19.1 Å². The highest BCUT2D eigenvalue weighted by atomic mass is 79.9. The SMILES string of the molecule is Cc1ncccc1C(N)Cc1ccc(F)cc1Br. The lowest BCUT2D eigenvalue weighted by Crippen LogP contribution is -2.15. The predicted molar refractivity (Wildman–Crippen MR) is 73.7 cm³/mol. The maximum atomic E-state index is 13.0. The molecule has 0 bridgehead atoms. The molecule has 2 rings (SSSR count). The number of aryl methyl sites for hydroxylation is 1. The zero-order valence-electron chi connectivity index (χ0n) is 10.0. The third kappa shape index (κ3) is 2.94. The van der Waals surface area contributed by atoms with Gasteiger partial charge in [0.05, 0.1) is 0 Å². The Bertz CT molecular complexity index is 557. The van der Waals surface area contributed by atoms with E-state index in [-0.39, 0.29) is 11.9 Å². The molecule has 0 saturated carbocycles. The quantitative estimate of drug-likeness (QED) is 0.942. The Morgan fingerprint density at radius 3 is 2.83 bits per heavy atom. The molecule has 1 atom stereocenters. The number of hydrogen-bond donors (Lipinski definition) is 1. The number of nitrogens with zero attached hydrogens (tertiary/aromatic N) is 1. The fourth-order valence-corrected chi connectivity index (χ4v) is 2.44. The van der Waals surface area contributed by atoms with Crippen molar-refractivity contribution < 1.29 is 4.39 Å². The summed E-state index contributed by atoms with van der Waals surface area (Å²) in [5.74, 6) is -0.253. The Kier molecular flexibility index (Phi) is 4.09. The van der Waals surface area contributed by atoms with Crippen molar-refractivity contribution in [3.05, 3.63) is 63.6 Å². The lowest BCUT2D eigenvalue weighted by Gasteiger charge is -2.15. The molecule has 1 unspecified atom stereocenters. The fourth-order valence-electron chi connectivity index (χ4n) is 1.92. The van der Waals surface area contributed by atoms with Gasteiger partial charge in [0.1, 0.15) is 5.82 Å². The van der Waals surface area contributed by atoms with E-state index in [4.69, 9.17) is 5.73 Å². The van der Waals surface area contributed by atoms with E-state index in [2.05, 4.69) is 20.9 Å². The van der Waals surface area contributed by atoms with Crippen molar-refractivity contribution in [1.29, 1.82) is 0 Å². The number of pyridine rings is 1. The number of aromatic nitrogens is 1. The minimum Gasteiger partial charge on any atom is -0.324 e. The molecule has 2 N–H and O–H groups in total.